The Kier molecular flexibility index (Phi) is 5.92. The molecule has 3 rings (SSSR count). The standard InChI is InChI=1S/C22H23ClN2O/c1-25(2)21(19-12-5-6-13-20(19)23)15-24-22(26)14-17-10-7-9-16-8-3-4-11-18(16)17/h3-13,21H,14-15H2,1-2H3,(H,24,26). The number of nitrogens with one attached hydrogen (secondary N) is 1. The molecule has 0 spiro atoms. The predicted molar refractivity (Wildman–Crippen MR) is 109 cm³/mol. The number of carbonyl (C=O) groups is 1. The van der Waals surface area contributed by atoms with Crippen molar-refractivity contribution in [2.45, 2.75) is 12.5 Å². The summed E-state index contributed by atoms with van der Waals surface area (Å²) in [6, 6.07) is 22.0. The molecule has 134 valence electrons. The first-order valence-corrected chi connectivity index (χ1v) is 9.08. The largest absolute Gasteiger partial charge is 0.354 e. The second kappa shape index (κ2) is 8.35. The van der Waals surface area contributed by atoms with E-state index in [0.717, 1.165) is 26.9 Å². The molecule has 0 aliphatic rings. The summed E-state index contributed by atoms with van der Waals surface area (Å²) in [5.41, 5.74) is 2.06. The van der Waals surface area contributed by atoms with Crippen LogP contribution in [0.2, 0.25) is 5.02 Å². The van der Waals surface area contributed by atoms with Gasteiger partial charge in [0.05, 0.1) is 12.5 Å². The molecule has 0 aromatic heterocycles. The molecule has 1 amide bonds. The smallest absolute Gasteiger partial charge is 0.224 e. The van der Waals surface area contributed by atoms with Gasteiger partial charge in [0.2, 0.25) is 5.91 Å². The zero-order chi connectivity index (χ0) is 18.5. The van der Waals surface area contributed by atoms with Crippen LogP contribution >= 0.6 is 11.6 Å². The van der Waals surface area contributed by atoms with Gasteiger partial charge in [-0.3, -0.25) is 4.79 Å². The fraction of sp³-hybridized carbons (Fsp3) is 0.227. The topological polar surface area (TPSA) is 32.3 Å². The van der Waals surface area contributed by atoms with E-state index in [4.69, 9.17) is 11.6 Å². The van der Waals surface area contributed by atoms with Gasteiger partial charge in [-0.15, -0.1) is 0 Å². The molecular weight excluding hydrogens is 344 g/mol. The Labute approximate surface area is 159 Å². The van der Waals surface area contributed by atoms with E-state index >= 15 is 0 Å². The van der Waals surface area contributed by atoms with Crippen molar-refractivity contribution in [3.8, 4) is 0 Å². The Morgan fingerprint density at radius 1 is 1.00 bits per heavy atom. The van der Waals surface area contributed by atoms with Gasteiger partial charge in [-0.2, -0.15) is 0 Å². The van der Waals surface area contributed by atoms with E-state index in [2.05, 4.69) is 28.4 Å². The summed E-state index contributed by atoms with van der Waals surface area (Å²) in [4.78, 5) is 14.6. The highest BCUT2D eigenvalue weighted by Crippen LogP contribution is 2.25. The number of fused-ring (bicyclic) bond motifs is 1. The lowest BCUT2D eigenvalue weighted by Crippen LogP contribution is -2.35. The van der Waals surface area contributed by atoms with Crippen LogP contribution in [0.15, 0.2) is 66.7 Å². The monoisotopic (exact) mass is 366 g/mol. The normalized spacial score (nSPS) is 12.3. The zero-order valence-electron chi connectivity index (χ0n) is 15.1. The molecule has 0 saturated carbocycles. The van der Waals surface area contributed by atoms with Crippen LogP contribution in [-0.4, -0.2) is 31.4 Å². The highest BCUT2D eigenvalue weighted by molar-refractivity contribution is 6.31. The van der Waals surface area contributed by atoms with E-state index in [0.29, 0.717) is 13.0 Å². The number of carbonyl (C=O) groups excluding carboxylic acids is 1. The summed E-state index contributed by atoms with van der Waals surface area (Å²) < 4.78 is 0. The van der Waals surface area contributed by atoms with Gasteiger partial charge in [-0.05, 0) is 42.1 Å². The van der Waals surface area contributed by atoms with Crippen LogP contribution in [0, 0.1) is 0 Å². The molecule has 0 aliphatic carbocycles. The number of halogens is 1. The van der Waals surface area contributed by atoms with Crippen molar-refractivity contribution in [3.63, 3.8) is 0 Å². The van der Waals surface area contributed by atoms with Crippen LogP contribution in [0.25, 0.3) is 10.8 Å². The minimum atomic E-state index is 0.0141. The van der Waals surface area contributed by atoms with Crippen LogP contribution in [-0.2, 0) is 11.2 Å². The van der Waals surface area contributed by atoms with Gasteiger partial charge in [0, 0.05) is 11.6 Å². The molecule has 26 heavy (non-hydrogen) atoms. The maximum absolute atomic E-state index is 12.5. The van der Waals surface area contributed by atoms with Crippen LogP contribution < -0.4 is 5.32 Å². The van der Waals surface area contributed by atoms with Gasteiger partial charge in [-0.1, -0.05) is 72.3 Å². The third kappa shape index (κ3) is 4.24. The Morgan fingerprint density at radius 3 is 2.46 bits per heavy atom. The van der Waals surface area contributed by atoms with Crippen LogP contribution in [0.1, 0.15) is 17.2 Å². The zero-order valence-corrected chi connectivity index (χ0v) is 15.8. The highest BCUT2D eigenvalue weighted by Gasteiger charge is 2.18. The first kappa shape index (κ1) is 18.4. The number of rotatable bonds is 6. The fourth-order valence-electron chi connectivity index (χ4n) is 3.21. The lowest BCUT2D eigenvalue weighted by molar-refractivity contribution is -0.120. The fourth-order valence-corrected chi connectivity index (χ4v) is 3.47. The van der Waals surface area contributed by atoms with Gasteiger partial charge in [-0.25, -0.2) is 0 Å². The quantitative estimate of drug-likeness (QED) is 0.698. The molecule has 0 saturated heterocycles. The minimum Gasteiger partial charge on any atom is -0.354 e. The number of hydrogen-bond donors (Lipinski definition) is 1. The molecule has 1 unspecified atom stereocenters. The van der Waals surface area contributed by atoms with E-state index in [1.54, 1.807) is 0 Å². The van der Waals surface area contributed by atoms with E-state index in [1.165, 1.54) is 0 Å². The molecule has 1 N–H and O–H groups in total. The van der Waals surface area contributed by atoms with Crippen molar-refractivity contribution < 1.29 is 4.79 Å². The van der Waals surface area contributed by atoms with Crippen molar-refractivity contribution in [1.29, 1.82) is 0 Å². The second-order valence-electron chi connectivity index (χ2n) is 6.62. The molecule has 0 heterocycles. The Bertz CT molecular complexity index is 902. The van der Waals surface area contributed by atoms with Crippen molar-refractivity contribution in [1.82, 2.24) is 10.2 Å². The molecular formula is C22H23ClN2O. The predicted octanol–water partition coefficient (Wildman–Crippen LogP) is 4.45. The van der Waals surface area contributed by atoms with Gasteiger partial charge in [0.1, 0.15) is 0 Å². The summed E-state index contributed by atoms with van der Waals surface area (Å²) in [5, 5.41) is 6.06. The van der Waals surface area contributed by atoms with E-state index in [1.807, 2.05) is 62.6 Å². The number of nitrogens with zero attached hydrogens (tertiary/aromatic N) is 1. The highest BCUT2D eigenvalue weighted by atomic mass is 35.5. The van der Waals surface area contributed by atoms with Crippen LogP contribution in [0.4, 0.5) is 0 Å². The van der Waals surface area contributed by atoms with E-state index < -0.39 is 0 Å². The third-order valence-electron chi connectivity index (χ3n) is 4.61. The summed E-state index contributed by atoms with van der Waals surface area (Å²) >= 11 is 6.33. The third-order valence-corrected chi connectivity index (χ3v) is 4.96. The number of amides is 1. The van der Waals surface area contributed by atoms with E-state index in [-0.39, 0.29) is 11.9 Å². The number of hydrogen-bond acceptors (Lipinski definition) is 2. The van der Waals surface area contributed by atoms with Crippen molar-refractivity contribution in [2.75, 3.05) is 20.6 Å². The minimum absolute atomic E-state index is 0.0141. The summed E-state index contributed by atoms with van der Waals surface area (Å²) in [6.45, 7) is 0.514. The summed E-state index contributed by atoms with van der Waals surface area (Å²) in [5.74, 6) is 0.0141. The van der Waals surface area contributed by atoms with Gasteiger partial charge < -0.3 is 10.2 Å². The molecule has 0 aliphatic heterocycles. The first-order valence-electron chi connectivity index (χ1n) is 8.70. The maximum Gasteiger partial charge on any atom is 0.224 e. The van der Waals surface area contributed by atoms with Crippen LogP contribution in [0.3, 0.4) is 0 Å². The molecule has 0 radical (unpaired) electrons. The Balaban J connectivity index is 1.70. The average molecular weight is 367 g/mol. The molecule has 0 fully saturated rings. The lowest BCUT2D eigenvalue weighted by Gasteiger charge is -2.26. The SMILES string of the molecule is CN(C)C(CNC(=O)Cc1cccc2ccccc12)c1ccccc1Cl. The molecule has 3 nitrogen and oxygen atoms in total. The van der Waals surface area contributed by atoms with Crippen LogP contribution in [0.5, 0.6) is 0 Å². The van der Waals surface area contributed by atoms with Crippen molar-refractivity contribution in [3.05, 3.63) is 82.9 Å². The molecule has 3 aromatic carbocycles. The van der Waals surface area contributed by atoms with Crippen molar-refractivity contribution >= 4 is 28.3 Å². The summed E-state index contributed by atoms with van der Waals surface area (Å²) in [7, 11) is 3.98. The molecule has 3 aromatic rings. The Hall–Kier alpha value is -2.36. The van der Waals surface area contributed by atoms with Gasteiger partial charge in [0.15, 0.2) is 0 Å². The molecule has 1 atom stereocenters. The first-order chi connectivity index (χ1) is 12.6. The molecule has 4 heteroatoms. The number of likely N-dealkylation sites (N-methyl/N-ethyl adjacent to an activating group) is 1. The number of benzene rings is 3. The molecule has 0 bridgehead atoms. The van der Waals surface area contributed by atoms with E-state index in [9.17, 15) is 4.79 Å². The van der Waals surface area contributed by atoms with Gasteiger partial charge >= 0.3 is 0 Å². The van der Waals surface area contributed by atoms with Gasteiger partial charge in [0.25, 0.3) is 0 Å². The maximum atomic E-state index is 12.5. The average Bonchev–Trinajstić information content (AvgIpc) is 2.63. The lowest BCUT2D eigenvalue weighted by atomic mass is 10.0. The second-order valence-corrected chi connectivity index (χ2v) is 7.03. The Morgan fingerprint density at radius 2 is 1.69 bits per heavy atom. The summed E-state index contributed by atoms with van der Waals surface area (Å²) in [6.07, 6.45) is 0.365. The van der Waals surface area contributed by atoms with Crippen molar-refractivity contribution in [2.24, 2.45) is 0 Å².